The molecule has 0 aliphatic carbocycles. The number of anilines is 1. The average Bonchev–Trinajstić information content (AvgIpc) is 3.10. The minimum atomic E-state index is -0.0259. The number of aromatic nitrogens is 1. The van der Waals surface area contributed by atoms with Gasteiger partial charge in [0, 0.05) is 10.9 Å². The highest BCUT2D eigenvalue weighted by Crippen LogP contribution is 2.37. The van der Waals surface area contributed by atoms with Crippen molar-refractivity contribution in [2.75, 3.05) is 11.5 Å². The highest BCUT2D eigenvalue weighted by atomic mass is 32.1. The van der Waals surface area contributed by atoms with Crippen molar-refractivity contribution < 1.29 is 9.53 Å². The Morgan fingerprint density at radius 3 is 2.63 bits per heavy atom. The van der Waals surface area contributed by atoms with Crippen molar-refractivity contribution in [1.29, 1.82) is 0 Å². The van der Waals surface area contributed by atoms with Gasteiger partial charge in [-0.1, -0.05) is 38.1 Å². The Morgan fingerprint density at radius 2 is 1.96 bits per heavy atom. The van der Waals surface area contributed by atoms with Crippen molar-refractivity contribution in [3.63, 3.8) is 0 Å². The number of benzene rings is 2. The third kappa shape index (κ3) is 3.60. The summed E-state index contributed by atoms with van der Waals surface area (Å²) in [5.74, 6) is 1.21. The van der Waals surface area contributed by atoms with Crippen LogP contribution in [0.5, 0.6) is 5.75 Å². The first kappa shape index (κ1) is 17.7. The fourth-order valence-corrected chi connectivity index (χ4v) is 3.84. The summed E-state index contributed by atoms with van der Waals surface area (Å²) in [4.78, 5) is 18.9. The number of aryl methyl sites for hydroxylation is 1. The molecular weight excluding hydrogens is 356 g/mol. The van der Waals surface area contributed by atoms with Gasteiger partial charge in [0.1, 0.15) is 5.75 Å². The molecule has 0 bridgehead atoms. The second-order valence-electron chi connectivity index (χ2n) is 7.10. The number of carbonyl (C=O) groups is 1. The highest BCUT2D eigenvalue weighted by molar-refractivity contribution is 7.09. The van der Waals surface area contributed by atoms with E-state index in [1.807, 2.05) is 35.4 Å². The zero-order chi connectivity index (χ0) is 19.0. The number of amides is 1. The van der Waals surface area contributed by atoms with Crippen LogP contribution < -0.4 is 9.64 Å². The molecule has 0 saturated heterocycles. The van der Waals surface area contributed by atoms with E-state index in [1.165, 1.54) is 5.56 Å². The largest absolute Gasteiger partial charge is 0.482 e. The number of hydrogen-bond donors (Lipinski definition) is 0. The zero-order valence-corrected chi connectivity index (χ0v) is 16.5. The van der Waals surface area contributed by atoms with Crippen LogP contribution in [-0.4, -0.2) is 17.5 Å². The Morgan fingerprint density at radius 1 is 1.19 bits per heavy atom. The third-order valence-electron chi connectivity index (χ3n) is 4.80. The maximum Gasteiger partial charge on any atom is 0.265 e. The average molecular weight is 378 g/mol. The fourth-order valence-electron chi connectivity index (χ4n) is 3.22. The minimum absolute atomic E-state index is 0.0259. The molecule has 4 nitrogen and oxygen atoms in total. The van der Waals surface area contributed by atoms with Gasteiger partial charge in [-0.05, 0) is 42.2 Å². The lowest BCUT2D eigenvalue weighted by atomic mass is 10.0. The molecule has 0 spiro atoms. The van der Waals surface area contributed by atoms with Gasteiger partial charge in [-0.15, -0.1) is 11.3 Å². The van der Waals surface area contributed by atoms with E-state index < -0.39 is 0 Å². The van der Waals surface area contributed by atoms with Gasteiger partial charge in [-0.25, -0.2) is 4.98 Å². The first-order valence-electron chi connectivity index (χ1n) is 9.10. The molecule has 5 heteroatoms. The summed E-state index contributed by atoms with van der Waals surface area (Å²) < 4.78 is 5.64. The molecule has 1 aromatic heterocycles. The lowest BCUT2D eigenvalue weighted by Crippen LogP contribution is -2.38. The van der Waals surface area contributed by atoms with Crippen LogP contribution in [0.15, 0.2) is 47.8 Å². The Kier molecular flexibility index (Phi) is 4.70. The molecular formula is C22H22N2O2S. The second kappa shape index (κ2) is 7.16. The number of rotatable bonds is 4. The predicted molar refractivity (Wildman–Crippen MR) is 110 cm³/mol. The smallest absolute Gasteiger partial charge is 0.265 e. The Hall–Kier alpha value is -2.66. The van der Waals surface area contributed by atoms with Crippen molar-refractivity contribution >= 4 is 22.9 Å². The molecule has 1 aliphatic rings. The molecule has 1 amide bonds. The molecule has 138 valence electrons. The molecule has 2 aromatic carbocycles. The number of fused-ring (bicyclic) bond motifs is 1. The van der Waals surface area contributed by atoms with E-state index in [2.05, 4.69) is 43.1 Å². The summed E-state index contributed by atoms with van der Waals surface area (Å²) in [5.41, 5.74) is 5.14. The van der Waals surface area contributed by atoms with Gasteiger partial charge >= 0.3 is 0 Å². The van der Waals surface area contributed by atoms with Crippen LogP contribution in [0.25, 0.3) is 11.3 Å². The lowest BCUT2D eigenvalue weighted by Gasteiger charge is -2.30. The Labute approximate surface area is 163 Å². The second-order valence-corrected chi connectivity index (χ2v) is 8.16. The van der Waals surface area contributed by atoms with Gasteiger partial charge in [0.25, 0.3) is 5.91 Å². The van der Waals surface area contributed by atoms with Crippen molar-refractivity contribution in [2.24, 2.45) is 0 Å². The summed E-state index contributed by atoms with van der Waals surface area (Å²) in [6, 6.07) is 14.4. The van der Waals surface area contributed by atoms with E-state index >= 15 is 0 Å². The normalized spacial score (nSPS) is 13.6. The number of thiazole rings is 1. The van der Waals surface area contributed by atoms with Gasteiger partial charge in [0.15, 0.2) is 6.61 Å². The van der Waals surface area contributed by atoms with Crippen LogP contribution in [-0.2, 0) is 11.3 Å². The van der Waals surface area contributed by atoms with Crippen molar-refractivity contribution in [1.82, 2.24) is 4.98 Å². The lowest BCUT2D eigenvalue weighted by molar-refractivity contribution is -0.121. The number of nitrogens with zero attached hydrogens (tertiary/aromatic N) is 2. The van der Waals surface area contributed by atoms with E-state index in [9.17, 15) is 4.79 Å². The van der Waals surface area contributed by atoms with Crippen LogP contribution in [0.3, 0.4) is 0 Å². The van der Waals surface area contributed by atoms with Crippen molar-refractivity contribution in [2.45, 2.75) is 33.2 Å². The monoisotopic (exact) mass is 378 g/mol. The molecule has 3 aromatic rings. The summed E-state index contributed by atoms with van der Waals surface area (Å²) in [5, 5.41) is 3.06. The molecule has 27 heavy (non-hydrogen) atoms. The Bertz CT molecular complexity index is 976. The van der Waals surface area contributed by atoms with Crippen LogP contribution in [0, 0.1) is 6.92 Å². The third-order valence-corrected chi connectivity index (χ3v) is 5.58. The standard InChI is InChI=1S/C22H22N2O2S/c1-14(2)17-6-4-16(5-7-17)11-24-20-10-18(19-13-27-15(3)23-19)8-9-21(20)26-12-22(24)25/h4-10,13-14H,11-12H2,1-3H3. The molecule has 1 aliphatic heterocycles. The van der Waals surface area contributed by atoms with Crippen LogP contribution in [0.1, 0.15) is 35.9 Å². The van der Waals surface area contributed by atoms with E-state index in [-0.39, 0.29) is 12.5 Å². The first-order chi connectivity index (χ1) is 13.0. The number of hydrogen-bond acceptors (Lipinski definition) is 4. The highest BCUT2D eigenvalue weighted by Gasteiger charge is 2.26. The van der Waals surface area contributed by atoms with E-state index in [0.29, 0.717) is 12.5 Å². The predicted octanol–water partition coefficient (Wildman–Crippen LogP) is 5.17. The van der Waals surface area contributed by atoms with Gasteiger partial charge in [-0.3, -0.25) is 4.79 Å². The van der Waals surface area contributed by atoms with E-state index in [0.717, 1.165) is 33.3 Å². The number of ether oxygens (including phenoxy) is 1. The molecule has 0 unspecified atom stereocenters. The summed E-state index contributed by atoms with van der Waals surface area (Å²) in [6.07, 6.45) is 0. The fraction of sp³-hybridized carbons (Fsp3) is 0.273. The molecule has 2 heterocycles. The quantitative estimate of drug-likeness (QED) is 0.629. The van der Waals surface area contributed by atoms with E-state index in [4.69, 9.17) is 4.74 Å². The summed E-state index contributed by atoms with van der Waals surface area (Å²) in [6.45, 7) is 6.96. The van der Waals surface area contributed by atoms with Crippen molar-refractivity contribution in [3.05, 3.63) is 64.0 Å². The van der Waals surface area contributed by atoms with Gasteiger partial charge in [-0.2, -0.15) is 0 Å². The minimum Gasteiger partial charge on any atom is -0.482 e. The number of carbonyl (C=O) groups excluding carboxylic acids is 1. The van der Waals surface area contributed by atoms with E-state index in [1.54, 1.807) is 11.3 Å². The van der Waals surface area contributed by atoms with Crippen LogP contribution in [0.2, 0.25) is 0 Å². The molecule has 0 fully saturated rings. The van der Waals surface area contributed by atoms with Gasteiger partial charge < -0.3 is 9.64 Å². The molecule has 4 rings (SSSR count). The SMILES string of the molecule is Cc1nc(-c2ccc3c(c2)N(Cc2ccc(C(C)C)cc2)C(=O)CO3)cs1. The maximum absolute atomic E-state index is 12.6. The topological polar surface area (TPSA) is 42.4 Å². The zero-order valence-electron chi connectivity index (χ0n) is 15.7. The first-order valence-corrected chi connectivity index (χ1v) is 9.98. The Balaban J connectivity index is 1.66. The van der Waals surface area contributed by atoms with Crippen molar-refractivity contribution in [3.8, 4) is 17.0 Å². The molecule has 0 N–H and O–H groups in total. The van der Waals surface area contributed by atoms with Gasteiger partial charge in [0.05, 0.1) is 22.9 Å². The molecule has 0 saturated carbocycles. The molecule has 0 atom stereocenters. The summed E-state index contributed by atoms with van der Waals surface area (Å²) >= 11 is 1.62. The van der Waals surface area contributed by atoms with Gasteiger partial charge in [0.2, 0.25) is 0 Å². The summed E-state index contributed by atoms with van der Waals surface area (Å²) in [7, 11) is 0. The maximum atomic E-state index is 12.6. The van der Waals surface area contributed by atoms with Crippen LogP contribution >= 0.6 is 11.3 Å². The molecule has 0 radical (unpaired) electrons. The van der Waals surface area contributed by atoms with Crippen LogP contribution in [0.4, 0.5) is 5.69 Å².